The Morgan fingerprint density at radius 3 is 2.42 bits per heavy atom. The van der Waals surface area contributed by atoms with Crippen molar-refractivity contribution in [2.24, 2.45) is 0 Å². The van der Waals surface area contributed by atoms with Gasteiger partial charge in [0.15, 0.2) is 0 Å². The van der Waals surface area contributed by atoms with Crippen molar-refractivity contribution in [2.45, 2.75) is 19.8 Å². The standard InChI is InChI=1S/C9H12O.CH2O/c1-2-5-8-6-3-4-7-9(8)10;1-2/h3-4,6-7,10H,2,5H2,1H3;1H2. The highest BCUT2D eigenvalue weighted by molar-refractivity contribution is 5.31. The van der Waals surface area contributed by atoms with Crippen molar-refractivity contribution in [3.05, 3.63) is 29.8 Å². The molecular weight excluding hydrogens is 152 g/mol. The van der Waals surface area contributed by atoms with E-state index < -0.39 is 0 Å². The SMILES string of the molecule is C=O.CCCc1ccccc1O. The fourth-order valence-electron chi connectivity index (χ4n) is 0.992. The van der Waals surface area contributed by atoms with Gasteiger partial charge in [0.1, 0.15) is 12.5 Å². The molecule has 1 aromatic carbocycles. The van der Waals surface area contributed by atoms with Crippen LogP contribution in [0.4, 0.5) is 0 Å². The molecule has 0 aromatic heterocycles. The van der Waals surface area contributed by atoms with Crippen molar-refractivity contribution in [3.63, 3.8) is 0 Å². The highest BCUT2D eigenvalue weighted by Gasteiger charge is 1.95. The van der Waals surface area contributed by atoms with E-state index in [0.29, 0.717) is 5.75 Å². The summed E-state index contributed by atoms with van der Waals surface area (Å²) in [7, 11) is 0. The van der Waals surface area contributed by atoms with Gasteiger partial charge in [-0.25, -0.2) is 0 Å². The molecule has 2 heteroatoms. The molecule has 66 valence electrons. The number of phenols is 1. The molecule has 0 fully saturated rings. The molecule has 0 amide bonds. The Kier molecular flexibility index (Phi) is 5.70. The number of phenolic OH excluding ortho intramolecular Hbond substituents is 1. The van der Waals surface area contributed by atoms with E-state index in [1.54, 1.807) is 6.07 Å². The molecule has 1 N–H and O–H groups in total. The van der Waals surface area contributed by atoms with E-state index in [9.17, 15) is 5.11 Å². The zero-order valence-corrected chi connectivity index (χ0v) is 7.29. The normalized spacial score (nSPS) is 8.42. The molecule has 0 spiro atoms. The predicted octanol–water partition coefficient (Wildman–Crippen LogP) is 2.16. The molecule has 2 nitrogen and oxygen atoms in total. The number of carbonyl (C=O) groups is 1. The van der Waals surface area contributed by atoms with Crippen molar-refractivity contribution in [2.75, 3.05) is 0 Å². The molecule has 0 radical (unpaired) electrons. The first-order chi connectivity index (χ1) is 5.84. The molecule has 12 heavy (non-hydrogen) atoms. The molecule has 0 saturated carbocycles. The number of carbonyl (C=O) groups excluding carboxylic acids is 1. The first-order valence-corrected chi connectivity index (χ1v) is 3.90. The van der Waals surface area contributed by atoms with E-state index in [1.807, 2.05) is 25.0 Å². The Morgan fingerprint density at radius 1 is 1.33 bits per heavy atom. The summed E-state index contributed by atoms with van der Waals surface area (Å²) in [5.74, 6) is 0.421. The maximum absolute atomic E-state index is 9.24. The van der Waals surface area contributed by atoms with Crippen molar-refractivity contribution in [3.8, 4) is 5.75 Å². The van der Waals surface area contributed by atoms with Crippen molar-refractivity contribution in [1.29, 1.82) is 0 Å². The summed E-state index contributed by atoms with van der Waals surface area (Å²) in [6.07, 6.45) is 2.05. The van der Waals surface area contributed by atoms with E-state index in [1.165, 1.54) is 0 Å². The molecule has 0 aliphatic heterocycles. The molecule has 0 saturated heterocycles. The quantitative estimate of drug-likeness (QED) is 0.731. The Hall–Kier alpha value is -1.31. The summed E-state index contributed by atoms with van der Waals surface area (Å²) in [5, 5.41) is 9.24. The molecule has 1 rings (SSSR count). The monoisotopic (exact) mass is 166 g/mol. The Labute approximate surface area is 72.9 Å². The largest absolute Gasteiger partial charge is 0.508 e. The topological polar surface area (TPSA) is 37.3 Å². The second kappa shape index (κ2) is 6.40. The van der Waals surface area contributed by atoms with Gasteiger partial charge in [-0.1, -0.05) is 31.5 Å². The molecule has 0 aliphatic carbocycles. The van der Waals surface area contributed by atoms with Gasteiger partial charge in [-0.3, -0.25) is 0 Å². The molecule has 0 bridgehead atoms. The van der Waals surface area contributed by atoms with Gasteiger partial charge in [-0.2, -0.15) is 0 Å². The number of aromatic hydroxyl groups is 1. The fourth-order valence-corrected chi connectivity index (χ4v) is 0.992. The van der Waals surface area contributed by atoms with E-state index in [2.05, 4.69) is 6.92 Å². The third kappa shape index (κ3) is 3.19. The lowest BCUT2D eigenvalue weighted by Gasteiger charge is -1.99. The number of hydrogen-bond acceptors (Lipinski definition) is 2. The number of rotatable bonds is 2. The number of para-hydroxylation sites is 1. The second-order valence-corrected chi connectivity index (χ2v) is 2.38. The van der Waals surface area contributed by atoms with Gasteiger partial charge in [0, 0.05) is 0 Å². The van der Waals surface area contributed by atoms with Gasteiger partial charge < -0.3 is 9.90 Å². The lowest BCUT2D eigenvalue weighted by atomic mass is 10.1. The third-order valence-corrected chi connectivity index (χ3v) is 1.51. The molecule has 0 aliphatic rings. The van der Waals surface area contributed by atoms with E-state index in [4.69, 9.17) is 4.79 Å². The summed E-state index contributed by atoms with van der Waals surface area (Å²) in [6.45, 7) is 4.10. The minimum absolute atomic E-state index is 0.421. The highest BCUT2D eigenvalue weighted by Crippen LogP contribution is 2.16. The maximum Gasteiger partial charge on any atom is 0.118 e. The van der Waals surface area contributed by atoms with Crippen LogP contribution in [0.25, 0.3) is 0 Å². The average molecular weight is 166 g/mol. The Bertz CT molecular complexity index is 221. The Morgan fingerprint density at radius 2 is 1.92 bits per heavy atom. The molecule has 0 unspecified atom stereocenters. The van der Waals surface area contributed by atoms with Crippen LogP contribution in [0.15, 0.2) is 24.3 Å². The fraction of sp³-hybridized carbons (Fsp3) is 0.300. The highest BCUT2D eigenvalue weighted by atomic mass is 16.3. The van der Waals surface area contributed by atoms with Crippen LogP contribution >= 0.6 is 0 Å². The second-order valence-electron chi connectivity index (χ2n) is 2.38. The lowest BCUT2D eigenvalue weighted by Crippen LogP contribution is -1.81. The van der Waals surface area contributed by atoms with E-state index >= 15 is 0 Å². The Balaban J connectivity index is 0.000000561. The van der Waals surface area contributed by atoms with Gasteiger partial charge in [-0.05, 0) is 18.1 Å². The van der Waals surface area contributed by atoms with Gasteiger partial charge in [0.05, 0.1) is 0 Å². The zero-order valence-electron chi connectivity index (χ0n) is 7.29. The van der Waals surface area contributed by atoms with Crippen molar-refractivity contribution < 1.29 is 9.90 Å². The number of hydrogen-bond donors (Lipinski definition) is 1. The summed E-state index contributed by atoms with van der Waals surface area (Å²) >= 11 is 0. The summed E-state index contributed by atoms with van der Waals surface area (Å²) < 4.78 is 0. The summed E-state index contributed by atoms with van der Waals surface area (Å²) in [5.41, 5.74) is 1.05. The van der Waals surface area contributed by atoms with Crippen LogP contribution in [-0.2, 0) is 11.2 Å². The lowest BCUT2D eigenvalue weighted by molar-refractivity contribution is -0.0979. The van der Waals surface area contributed by atoms with Crippen LogP contribution in [-0.4, -0.2) is 11.9 Å². The molecule has 0 heterocycles. The van der Waals surface area contributed by atoms with Crippen LogP contribution in [0, 0.1) is 0 Å². The van der Waals surface area contributed by atoms with Crippen LogP contribution in [0.5, 0.6) is 5.75 Å². The van der Waals surface area contributed by atoms with E-state index in [-0.39, 0.29) is 0 Å². The van der Waals surface area contributed by atoms with Gasteiger partial charge in [0.2, 0.25) is 0 Å². The van der Waals surface area contributed by atoms with Gasteiger partial charge >= 0.3 is 0 Å². The van der Waals surface area contributed by atoms with Gasteiger partial charge in [0.25, 0.3) is 0 Å². The number of benzene rings is 1. The minimum Gasteiger partial charge on any atom is -0.508 e. The maximum atomic E-state index is 9.24. The smallest absolute Gasteiger partial charge is 0.118 e. The minimum atomic E-state index is 0.421. The van der Waals surface area contributed by atoms with Gasteiger partial charge in [-0.15, -0.1) is 0 Å². The van der Waals surface area contributed by atoms with Crippen molar-refractivity contribution in [1.82, 2.24) is 0 Å². The van der Waals surface area contributed by atoms with Crippen LogP contribution in [0.2, 0.25) is 0 Å². The molecule has 1 aromatic rings. The van der Waals surface area contributed by atoms with Crippen LogP contribution in [0.3, 0.4) is 0 Å². The molecular formula is C10H14O2. The first kappa shape index (κ1) is 10.7. The van der Waals surface area contributed by atoms with Crippen LogP contribution in [0.1, 0.15) is 18.9 Å². The predicted molar refractivity (Wildman–Crippen MR) is 49.2 cm³/mol. The zero-order chi connectivity index (χ0) is 9.40. The van der Waals surface area contributed by atoms with E-state index in [0.717, 1.165) is 18.4 Å². The number of aryl methyl sites for hydroxylation is 1. The average Bonchev–Trinajstić information content (AvgIpc) is 2.13. The third-order valence-electron chi connectivity index (χ3n) is 1.51. The summed E-state index contributed by atoms with van der Waals surface area (Å²) in [6, 6.07) is 7.48. The molecule has 0 atom stereocenters. The van der Waals surface area contributed by atoms with Crippen molar-refractivity contribution >= 4 is 6.79 Å². The van der Waals surface area contributed by atoms with Crippen LogP contribution < -0.4 is 0 Å². The summed E-state index contributed by atoms with van der Waals surface area (Å²) in [4.78, 5) is 8.00. The first-order valence-electron chi connectivity index (χ1n) is 3.90.